The minimum atomic E-state index is -0.0584. The third-order valence-corrected chi connectivity index (χ3v) is 2.90. The summed E-state index contributed by atoms with van der Waals surface area (Å²) in [6.45, 7) is 5.49. The van der Waals surface area contributed by atoms with Crippen molar-refractivity contribution in [1.82, 2.24) is 10.2 Å². The molecule has 0 aromatic rings. The molecular formula is C12H22N2O2. The molecule has 1 saturated heterocycles. The van der Waals surface area contributed by atoms with Crippen LogP contribution < -0.4 is 5.32 Å². The summed E-state index contributed by atoms with van der Waals surface area (Å²) in [7, 11) is 0. The smallest absolute Gasteiger partial charge is 0.241 e. The highest BCUT2D eigenvalue weighted by molar-refractivity contribution is 5.85. The molecule has 1 N–H and O–H groups in total. The second-order valence-corrected chi connectivity index (χ2v) is 4.67. The SMILES string of the molecule is CC(C)C(=O)NCC(=O)N1CCCCCC1. The molecule has 1 aliphatic rings. The van der Waals surface area contributed by atoms with Gasteiger partial charge in [-0.2, -0.15) is 0 Å². The summed E-state index contributed by atoms with van der Waals surface area (Å²) < 4.78 is 0. The minimum Gasteiger partial charge on any atom is -0.347 e. The van der Waals surface area contributed by atoms with Crippen LogP contribution in [0.25, 0.3) is 0 Å². The number of amides is 2. The number of hydrogen-bond donors (Lipinski definition) is 1. The Kier molecular flexibility index (Phi) is 5.29. The fraction of sp³-hybridized carbons (Fsp3) is 0.833. The van der Waals surface area contributed by atoms with Crippen molar-refractivity contribution in [2.24, 2.45) is 5.92 Å². The van der Waals surface area contributed by atoms with Crippen molar-refractivity contribution < 1.29 is 9.59 Å². The summed E-state index contributed by atoms with van der Waals surface area (Å²) in [5.74, 6) is -0.0593. The fourth-order valence-corrected chi connectivity index (χ4v) is 1.80. The molecular weight excluding hydrogens is 204 g/mol. The van der Waals surface area contributed by atoms with Gasteiger partial charge in [0.15, 0.2) is 0 Å². The summed E-state index contributed by atoms with van der Waals surface area (Å²) in [4.78, 5) is 25.0. The van der Waals surface area contributed by atoms with Crippen molar-refractivity contribution in [1.29, 1.82) is 0 Å². The molecule has 0 spiro atoms. The maximum atomic E-state index is 11.8. The Morgan fingerprint density at radius 2 is 1.69 bits per heavy atom. The third kappa shape index (κ3) is 4.21. The van der Waals surface area contributed by atoms with Crippen LogP contribution in [0.1, 0.15) is 39.5 Å². The highest BCUT2D eigenvalue weighted by Gasteiger charge is 2.16. The summed E-state index contributed by atoms with van der Waals surface area (Å²) in [6, 6.07) is 0. The van der Waals surface area contributed by atoms with Gasteiger partial charge in [-0.15, -0.1) is 0 Å². The number of carbonyl (C=O) groups excluding carboxylic acids is 2. The van der Waals surface area contributed by atoms with Crippen LogP contribution in [0.5, 0.6) is 0 Å². The molecule has 0 aromatic carbocycles. The van der Waals surface area contributed by atoms with Crippen LogP contribution in [0, 0.1) is 5.92 Å². The van der Waals surface area contributed by atoms with Gasteiger partial charge in [0.2, 0.25) is 11.8 Å². The Bertz CT molecular complexity index is 243. The van der Waals surface area contributed by atoms with Crippen molar-refractivity contribution >= 4 is 11.8 Å². The molecule has 1 fully saturated rings. The van der Waals surface area contributed by atoms with Gasteiger partial charge in [0.1, 0.15) is 0 Å². The molecule has 0 radical (unpaired) electrons. The summed E-state index contributed by atoms with van der Waals surface area (Å²) in [6.07, 6.45) is 4.60. The number of hydrogen-bond acceptors (Lipinski definition) is 2. The first-order valence-corrected chi connectivity index (χ1v) is 6.16. The van der Waals surface area contributed by atoms with E-state index in [4.69, 9.17) is 0 Å². The Morgan fingerprint density at radius 1 is 1.12 bits per heavy atom. The molecule has 1 rings (SSSR count). The van der Waals surface area contributed by atoms with E-state index in [2.05, 4.69) is 5.32 Å². The van der Waals surface area contributed by atoms with Gasteiger partial charge in [-0.25, -0.2) is 0 Å². The van der Waals surface area contributed by atoms with Crippen LogP contribution in [0.3, 0.4) is 0 Å². The molecule has 1 aliphatic heterocycles. The highest BCUT2D eigenvalue weighted by Crippen LogP contribution is 2.09. The van der Waals surface area contributed by atoms with Gasteiger partial charge in [-0.1, -0.05) is 26.7 Å². The Balaban J connectivity index is 2.30. The first-order chi connectivity index (χ1) is 7.61. The second-order valence-electron chi connectivity index (χ2n) is 4.67. The Hall–Kier alpha value is -1.06. The van der Waals surface area contributed by atoms with E-state index in [9.17, 15) is 9.59 Å². The van der Waals surface area contributed by atoms with Crippen LogP contribution in [-0.2, 0) is 9.59 Å². The summed E-state index contributed by atoms with van der Waals surface area (Å²) in [5, 5.41) is 2.67. The van der Waals surface area contributed by atoms with Crippen molar-refractivity contribution in [3.05, 3.63) is 0 Å². The van der Waals surface area contributed by atoms with Crippen molar-refractivity contribution in [2.45, 2.75) is 39.5 Å². The molecule has 0 unspecified atom stereocenters. The molecule has 0 atom stereocenters. The predicted molar refractivity (Wildman–Crippen MR) is 62.9 cm³/mol. The molecule has 16 heavy (non-hydrogen) atoms. The van der Waals surface area contributed by atoms with Gasteiger partial charge in [0.25, 0.3) is 0 Å². The zero-order chi connectivity index (χ0) is 12.0. The van der Waals surface area contributed by atoms with E-state index in [1.54, 1.807) is 0 Å². The maximum Gasteiger partial charge on any atom is 0.241 e. The maximum absolute atomic E-state index is 11.8. The lowest BCUT2D eigenvalue weighted by molar-refractivity contribution is -0.133. The molecule has 0 aliphatic carbocycles. The molecule has 0 bridgehead atoms. The quantitative estimate of drug-likeness (QED) is 0.785. The number of carbonyl (C=O) groups is 2. The monoisotopic (exact) mass is 226 g/mol. The number of nitrogens with zero attached hydrogens (tertiary/aromatic N) is 1. The van der Waals surface area contributed by atoms with Gasteiger partial charge in [-0.05, 0) is 12.8 Å². The predicted octanol–water partition coefficient (Wildman–Crippen LogP) is 1.16. The minimum absolute atomic E-state index is 0.0518. The molecule has 0 aromatic heterocycles. The lowest BCUT2D eigenvalue weighted by Crippen LogP contribution is -2.41. The van der Waals surface area contributed by atoms with E-state index in [1.807, 2.05) is 18.7 Å². The fourth-order valence-electron chi connectivity index (χ4n) is 1.80. The summed E-state index contributed by atoms with van der Waals surface area (Å²) >= 11 is 0. The lowest BCUT2D eigenvalue weighted by Gasteiger charge is -2.20. The van der Waals surface area contributed by atoms with Crippen LogP contribution >= 0.6 is 0 Å². The van der Waals surface area contributed by atoms with Crippen LogP contribution in [0.15, 0.2) is 0 Å². The van der Waals surface area contributed by atoms with Gasteiger partial charge in [-0.3, -0.25) is 9.59 Å². The largest absolute Gasteiger partial charge is 0.347 e. The Morgan fingerprint density at radius 3 is 2.19 bits per heavy atom. The third-order valence-electron chi connectivity index (χ3n) is 2.90. The normalized spacial score (nSPS) is 17.1. The topological polar surface area (TPSA) is 49.4 Å². The van der Waals surface area contributed by atoms with Crippen LogP contribution in [-0.4, -0.2) is 36.3 Å². The van der Waals surface area contributed by atoms with Gasteiger partial charge < -0.3 is 10.2 Å². The zero-order valence-electron chi connectivity index (χ0n) is 10.3. The Labute approximate surface area is 97.4 Å². The van der Waals surface area contributed by atoms with E-state index in [0.29, 0.717) is 0 Å². The summed E-state index contributed by atoms with van der Waals surface area (Å²) in [5.41, 5.74) is 0. The first kappa shape index (κ1) is 13.0. The lowest BCUT2D eigenvalue weighted by atomic mass is 10.2. The molecule has 0 saturated carbocycles. The molecule has 92 valence electrons. The standard InChI is InChI=1S/C12H22N2O2/c1-10(2)12(16)13-9-11(15)14-7-5-3-4-6-8-14/h10H,3-9H2,1-2H3,(H,13,16). The molecule has 4 heteroatoms. The average molecular weight is 226 g/mol. The molecule has 4 nitrogen and oxygen atoms in total. The number of rotatable bonds is 3. The van der Waals surface area contributed by atoms with E-state index >= 15 is 0 Å². The number of likely N-dealkylation sites (tertiary alicyclic amines) is 1. The first-order valence-electron chi connectivity index (χ1n) is 6.16. The second kappa shape index (κ2) is 6.51. The van der Waals surface area contributed by atoms with E-state index in [-0.39, 0.29) is 24.3 Å². The van der Waals surface area contributed by atoms with Crippen LogP contribution in [0.2, 0.25) is 0 Å². The van der Waals surface area contributed by atoms with Gasteiger partial charge in [0.05, 0.1) is 6.54 Å². The van der Waals surface area contributed by atoms with Crippen molar-refractivity contribution in [3.8, 4) is 0 Å². The van der Waals surface area contributed by atoms with Gasteiger partial charge in [0, 0.05) is 19.0 Å². The zero-order valence-corrected chi connectivity index (χ0v) is 10.3. The van der Waals surface area contributed by atoms with Crippen molar-refractivity contribution in [2.75, 3.05) is 19.6 Å². The van der Waals surface area contributed by atoms with E-state index in [0.717, 1.165) is 25.9 Å². The molecule has 1 heterocycles. The van der Waals surface area contributed by atoms with E-state index < -0.39 is 0 Å². The highest BCUT2D eigenvalue weighted by atomic mass is 16.2. The molecule has 2 amide bonds. The van der Waals surface area contributed by atoms with E-state index in [1.165, 1.54) is 12.8 Å². The van der Waals surface area contributed by atoms with Crippen molar-refractivity contribution in [3.63, 3.8) is 0 Å². The van der Waals surface area contributed by atoms with Gasteiger partial charge >= 0.3 is 0 Å². The average Bonchev–Trinajstić information content (AvgIpc) is 2.53. The number of nitrogens with one attached hydrogen (secondary N) is 1. The van der Waals surface area contributed by atoms with Crippen LogP contribution in [0.4, 0.5) is 0 Å².